The van der Waals surface area contributed by atoms with Crippen LogP contribution in [0.2, 0.25) is 0 Å². The van der Waals surface area contributed by atoms with Crippen LogP contribution in [0.4, 0.5) is 0 Å². The van der Waals surface area contributed by atoms with E-state index in [1.54, 1.807) is 0 Å². The average molecular weight is 284 g/mol. The highest BCUT2D eigenvalue weighted by atomic mass is 79.9. The zero-order chi connectivity index (χ0) is 12.0. The van der Waals surface area contributed by atoms with E-state index in [-0.39, 0.29) is 0 Å². The van der Waals surface area contributed by atoms with Crippen LogP contribution >= 0.6 is 15.9 Å². The summed E-state index contributed by atoms with van der Waals surface area (Å²) in [5, 5.41) is 3.39. The van der Waals surface area contributed by atoms with Crippen molar-refractivity contribution in [1.29, 1.82) is 0 Å². The SMILES string of the molecule is CCNCCC(C)(C)Cc1ccc(Br)cc1. The molecule has 2 heteroatoms. The van der Waals surface area contributed by atoms with Crippen LogP contribution in [0.5, 0.6) is 0 Å². The van der Waals surface area contributed by atoms with E-state index in [2.05, 4.69) is 66.3 Å². The molecule has 90 valence electrons. The van der Waals surface area contributed by atoms with E-state index in [9.17, 15) is 0 Å². The van der Waals surface area contributed by atoms with Crippen LogP contribution in [0.3, 0.4) is 0 Å². The van der Waals surface area contributed by atoms with Crippen molar-refractivity contribution in [3.8, 4) is 0 Å². The lowest BCUT2D eigenvalue weighted by Gasteiger charge is -2.24. The molecule has 1 nitrogen and oxygen atoms in total. The third-order valence-electron chi connectivity index (χ3n) is 2.82. The molecule has 0 saturated carbocycles. The molecular formula is C14H22BrN. The molecule has 0 heterocycles. The zero-order valence-electron chi connectivity index (χ0n) is 10.5. The molecule has 0 radical (unpaired) electrons. The smallest absolute Gasteiger partial charge is 0.0175 e. The molecule has 0 saturated heterocycles. The number of benzene rings is 1. The Labute approximate surface area is 108 Å². The fourth-order valence-corrected chi connectivity index (χ4v) is 2.11. The maximum atomic E-state index is 3.47. The Morgan fingerprint density at radius 3 is 2.38 bits per heavy atom. The van der Waals surface area contributed by atoms with Crippen molar-refractivity contribution in [3.63, 3.8) is 0 Å². The molecule has 0 bridgehead atoms. The largest absolute Gasteiger partial charge is 0.317 e. The van der Waals surface area contributed by atoms with E-state index in [1.807, 2.05) is 0 Å². The van der Waals surface area contributed by atoms with E-state index < -0.39 is 0 Å². The van der Waals surface area contributed by atoms with Gasteiger partial charge in [0, 0.05) is 4.47 Å². The molecule has 0 aliphatic carbocycles. The average Bonchev–Trinajstić information content (AvgIpc) is 2.21. The van der Waals surface area contributed by atoms with Gasteiger partial charge in [0.2, 0.25) is 0 Å². The predicted molar refractivity (Wildman–Crippen MR) is 74.8 cm³/mol. The number of halogens is 1. The van der Waals surface area contributed by atoms with Gasteiger partial charge in [0.25, 0.3) is 0 Å². The van der Waals surface area contributed by atoms with Crippen molar-refractivity contribution in [2.24, 2.45) is 5.41 Å². The van der Waals surface area contributed by atoms with Gasteiger partial charge >= 0.3 is 0 Å². The molecule has 16 heavy (non-hydrogen) atoms. The highest BCUT2D eigenvalue weighted by molar-refractivity contribution is 9.10. The molecule has 1 aromatic carbocycles. The van der Waals surface area contributed by atoms with Crippen LogP contribution in [0.15, 0.2) is 28.7 Å². The molecule has 0 aliphatic rings. The van der Waals surface area contributed by atoms with Crippen LogP contribution in [0, 0.1) is 5.41 Å². The Morgan fingerprint density at radius 2 is 1.81 bits per heavy atom. The van der Waals surface area contributed by atoms with Crippen LogP contribution in [0.1, 0.15) is 32.8 Å². The summed E-state index contributed by atoms with van der Waals surface area (Å²) in [4.78, 5) is 0. The molecule has 0 fully saturated rings. The van der Waals surface area contributed by atoms with E-state index >= 15 is 0 Å². The zero-order valence-corrected chi connectivity index (χ0v) is 12.1. The summed E-state index contributed by atoms with van der Waals surface area (Å²) < 4.78 is 1.15. The van der Waals surface area contributed by atoms with Crippen LogP contribution in [-0.2, 0) is 6.42 Å². The van der Waals surface area contributed by atoms with Crippen molar-refractivity contribution in [1.82, 2.24) is 5.32 Å². The number of nitrogens with one attached hydrogen (secondary N) is 1. The van der Waals surface area contributed by atoms with Crippen molar-refractivity contribution in [2.45, 2.75) is 33.6 Å². The van der Waals surface area contributed by atoms with Crippen molar-refractivity contribution >= 4 is 15.9 Å². The minimum Gasteiger partial charge on any atom is -0.317 e. The fraction of sp³-hybridized carbons (Fsp3) is 0.571. The maximum absolute atomic E-state index is 3.47. The van der Waals surface area contributed by atoms with Crippen molar-refractivity contribution < 1.29 is 0 Å². The Bertz CT molecular complexity index is 303. The first-order chi connectivity index (χ1) is 7.53. The fourth-order valence-electron chi connectivity index (χ4n) is 1.85. The number of rotatable bonds is 6. The van der Waals surface area contributed by atoms with Gasteiger partial charge in [-0.3, -0.25) is 0 Å². The summed E-state index contributed by atoms with van der Waals surface area (Å²) in [5.74, 6) is 0. The summed E-state index contributed by atoms with van der Waals surface area (Å²) >= 11 is 3.47. The molecule has 0 aromatic heterocycles. The second kappa shape index (κ2) is 6.41. The van der Waals surface area contributed by atoms with Gasteiger partial charge in [-0.15, -0.1) is 0 Å². The van der Waals surface area contributed by atoms with Gasteiger partial charge in [0.1, 0.15) is 0 Å². The van der Waals surface area contributed by atoms with Crippen LogP contribution < -0.4 is 5.32 Å². The molecule has 0 unspecified atom stereocenters. The van der Waals surface area contributed by atoms with Gasteiger partial charge in [0.15, 0.2) is 0 Å². The summed E-state index contributed by atoms with van der Waals surface area (Å²) in [6.07, 6.45) is 2.36. The quantitative estimate of drug-likeness (QED) is 0.778. The standard InChI is InChI=1S/C14H22BrN/c1-4-16-10-9-14(2,3)11-12-5-7-13(15)8-6-12/h5-8,16H,4,9-11H2,1-3H3. The molecule has 0 spiro atoms. The second-order valence-corrected chi connectivity index (χ2v) is 5.99. The van der Waals surface area contributed by atoms with Crippen molar-refractivity contribution in [3.05, 3.63) is 34.3 Å². The van der Waals surface area contributed by atoms with Gasteiger partial charge in [0.05, 0.1) is 0 Å². The topological polar surface area (TPSA) is 12.0 Å². The van der Waals surface area contributed by atoms with Gasteiger partial charge in [-0.2, -0.15) is 0 Å². The van der Waals surface area contributed by atoms with Gasteiger partial charge in [-0.25, -0.2) is 0 Å². The summed E-state index contributed by atoms with van der Waals surface area (Å²) in [7, 11) is 0. The first kappa shape index (κ1) is 13.7. The van der Waals surface area contributed by atoms with Crippen LogP contribution in [-0.4, -0.2) is 13.1 Å². The maximum Gasteiger partial charge on any atom is 0.0175 e. The summed E-state index contributed by atoms with van der Waals surface area (Å²) in [6.45, 7) is 9.01. The Morgan fingerprint density at radius 1 is 1.19 bits per heavy atom. The van der Waals surface area contributed by atoms with Crippen LogP contribution in [0.25, 0.3) is 0 Å². The van der Waals surface area contributed by atoms with E-state index in [1.165, 1.54) is 12.0 Å². The molecule has 0 amide bonds. The Balaban J connectivity index is 2.48. The van der Waals surface area contributed by atoms with Gasteiger partial charge in [-0.05, 0) is 49.0 Å². The number of hydrogen-bond acceptors (Lipinski definition) is 1. The second-order valence-electron chi connectivity index (χ2n) is 5.07. The van der Waals surface area contributed by atoms with Gasteiger partial charge < -0.3 is 5.32 Å². The van der Waals surface area contributed by atoms with E-state index in [4.69, 9.17) is 0 Å². The molecule has 1 aromatic rings. The highest BCUT2D eigenvalue weighted by Gasteiger charge is 2.17. The predicted octanol–water partition coefficient (Wildman–Crippen LogP) is 4.02. The summed E-state index contributed by atoms with van der Waals surface area (Å²) in [6, 6.07) is 8.66. The monoisotopic (exact) mass is 283 g/mol. The Kier molecular flexibility index (Phi) is 5.50. The highest BCUT2D eigenvalue weighted by Crippen LogP contribution is 2.26. The van der Waals surface area contributed by atoms with Gasteiger partial charge in [-0.1, -0.05) is 48.8 Å². The first-order valence-electron chi connectivity index (χ1n) is 5.99. The third kappa shape index (κ3) is 5.13. The minimum atomic E-state index is 0.371. The first-order valence-corrected chi connectivity index (χ1v) is 6.78. The number of hydrogen-bond donors (Lipinski definition) is 1. The molecule has 1 rings (SSSR count). The molecular weight excluding hydrogens is 262 g/mol. The normalized spacial score (nSPS) is 11.8. The third-order valence-corrected chi connectivity index (χ3v) is 3.35. The molecule has 0 atom stereocenters. The lowest BCUT2D eigenvalue weighted by Crippen LogP contribution is -2.23. The van der Waals surface area contributed by atoms with Crippen molar-refractivity contribution in [2.75, 3.05) is 13.1 Å². The Hall–Kier alpha value is -0.340. The summed E-state index contributed by atoms with van der Waals surface area (Å²) in [5.41, 5.74) is 1.79. The minimum absolute atomic E-state index is 0.371. The molecule has 1 N–H and O–H groups in total. The lowest BCUT2D eigenvalue weighted by molar-refractivity contribution is 0.327. The van der Waals surface area contributed by atoms with E-state index in [0.717, 1.165) is 24.0 Å². The van der Waals surface area contributed by atoms with E-state index in [0.29, 0.717) is 5.41 Å². The lowest BCUT2D eigenvalue weighted by atomic mass is 9.83. The molecule has 0 aliphatic heterocycles.